The van der Waals surface area contributed by atoms with Crippen LogP contribution in [0.1, 0.15) is 56.8 Å². The molecule has 2 N–H and O–H groups in total. The molecule has 1 saturated carbocycles. The summed E-state index contributed by atoms with van der Waals surface area (Å²) < 4.78 is 0. The predicted molar refractivity (Wildman–Crippen MR) is 135 cm³/mol. The summed E-state index contributed by atoms with van der Waals surface area (Å²) in [5.74, 6) is -0.272. The second kappa shape index (κ2) is 8.06. The first-order valence-corrected chi connectivity index (χ1v) is 12.6. The van der Waals surface area contributed by atoms with Crippen LogP contribution in [0.15, 0.2) is 66.9 Å². The quantitative estimate of drug-likeness (QED) is 0.428. The fourth-order valence-corrected chi connectivity index (χ4v) is 6.29. The van der Waals surface area contributed by atoms with Crippen molar-refractivity contribution in [1.29, 1.82) is 0 Å². The van der Waals surface area contributed by atoms with Crippen LogP contribution >= 0.6 is 11.3 Å². The number of hydrogen-bond donors (Lipinski definition) is 1. The minimum absolute atomic E-state index is 0.127. The molecule has 34 heavy (non-hydrogen) atoms. The second-order valence-corrected chi connectivity index (χ2v) is 10.3. The molecular formula is C28H25N3O2S. The van der Waals surface area contributed by atoms with Gasteiger partial charge in [0.05, 0.1) is 10.4 Å². The Morgan fingerprint density at radius 3 is 2.50 bits per heavy atom. The SMILES string of the molecule is NC(=O)c1ccccc1C1(c2cc(-c3ccc(C(=O)N4CCCC4)s3)cc3ncccc23)CC1. The highest BCUT2D eigenvalue weighted by Crippen LogP contribution is 2.56. The van der Waals surface area contributed by atoms with Gasteiger partial charge >= 0.3 is 0 Å². The number of benzene rings is 2. The number of amides is 2. The van der Waals surface area contributed by atoms with Gasteiger partial charge in [0.15, 0.2) is 0 Å². The van der Waals surface area contributed by atoms with E-state index >= 15 is 0 Å². The largest absolute Gasteiger partial charge is 0.366 e. The van der Waals surface area contributed by atoms with Crippen molar-refractivity contribution in [2.45, 2.75) is 31.1 Å². The van der Waals surface area contributed by atoms with Gasteiger partial charge in [0, 0.05) is 40.5 Å². The summed E-state index contributed by atoms with van der Waals surface area (Å²) in [6.07, 6.45) is 5.88. The Balaban J connectivity index is 1.48. The third-order valence-electron chi connectivity index (χ3n) is 7.19. The third-order valence-corrected chi connectivity index (χ3v) is 8.31. The van der Waals surface area contributed by atoms with Crippen LogP contribution in [0.25, 0.3) is 21.3 Å². The number of rotatable bonds is 5. The normalized spacial score (nSPS) is 16.6. The first-order chi connectivity index (χ1) is 16.6. The van der Waals surface area contributed by atoms with E-state index in [0.717, 1.165) is 70.6 Å². The van der Waals surface area contributed by atoms with Crippen LogP contribution < -0.4 is 5.73 Å². The Morgan fingerprint density at radius 1 is 0.941 bits per heavy atom. The number of primary amides is 1. The number of carbonyl (C=O) groups is 2. The van der Waals surface area contributed by atoms with Crippen LogP contribution in [0.4, 0.5) is 0 Å². The van der Waals surface area contributed by atoms with Crippen molar-refractivity contribution in [1.82, 2.24) is 9.88 Å². The lowest BCUT2D eigenvalue weighted by Gasteiger charge is -2.22. The summed E-state index contributed by atoms with van der Waals surface area (Å²) in [5.41, 5.74) is 10.2. The number of hydrogen-bond acceptors (Lipinski definition) is 4. The molecule has 3 heterocycles. The maximum Gasteiger partial charge on any atom is 0.263 e. The van der Waals surface area contributed by atoms with Crippen LogP contribution in [0.2, 0.25) is 0 Å². The molecule has 0 bridgehead atoms. The Bertz CT molecular complexity index is 1430. The minimum Gasteiger partial charge on any atom is -0.366 e. The summed E-state index contributed by atoms with van der Waals surface area (Å²) in [5, 5.41) is 1.09. The molecule has 0 unspecified atom stereocenters. The molecule has 2 aliphatic rings. The summed E-state index contributed by atoms with van der Waals surface area (Å²) >= 11 is 1.54. The highest BCUT2D eigenvalue weighted by molar-refractivity contribution is 7.17. The van der Waals surface area contributed by atoms with Crippen LogP contribution in [0.3, 0.4) is 0 Å². The average molecular weight is 468 g/mol. The van der Waals surface area contributed by atoms with Gasteiger partial charge in [0.25, 0.3) is 5.91 Å². The fraction of sp³-hybridized carbons (Fsp3) is 0.250. The lowest BCUT2D eigenvalue weighted by atomic mass is 9.82. The average Bonchev–Trinajstić information content (AvgIpc) is 3.24. The summed E-state index contributed by atoms with van der Waals surface area (Å²) in [7, 11) is 0. The van der Waals surface area contributed by atoms with Crippen molar-refractivity contribution in [2.75, 3.05) is 13.1 Å². The monoisotopic (exact) mass is 467 g/mol. The van der Waals surface area contributed by atoms with Crippen LogP contribution in [0, 0.1) is 0 Å². The molecule has 0 atom stereocenters. The Kier molecular flexibility index (Phi) is 4.99. The molecule has 170 valence electrons. The molecule has 1 aliphatic heterocycles. The fourth-order valence-electron chi connectivity index (χ4n) is 5.33. The molecule has 2 fully saturated rings. The lowest BCUT2D eigenvalue weighted by molar-refractivity contribution is 0.0797. The highest BCUT2D eigenvalue weighted by Gasteiger charge is 2.48. The van der Waals surface area contributed by atoms with Gasteiger partial charge in [-0.25, -0.2) is 0 Å². The molecular weight excluding hydrogens is 442 g/mol. The van der Waals surface area contributed by atoms with Crippen LogP contribution in [-0.4, -0.2) is 34.8 Å². The second-order valence-electron chi connectivity index (χ2n) is 9.25. The zero-order valence-electron chi connectivity index (χ0n) is 18.8. The van der Waals surface area contributed by atoms with E-state index in [1.807, 2.05) is 53.6 Å². The van der Waals surface area contributed by atoms with Gasteiger partial charge < -0.3 is 10.6 Å². The first-order valence-electron chi connectivity index (χ1n) is 11.7. The van der Waals surface area contributed by atoms with Crippen LogP contribution in [0.5, 0.6) is 0 Å². The molecule has 2 aromatic carbocycles. The van der Waals surface area contributed by atoms with Gasteiger partial charge in [-0.1, -0.05) is 24.3 Å². The Morgan fingerprint density at radius 2 is 1.74 bits per heavy atom. The van der Waals surface area contributed by atoms with E-state index < -0.39 is 5.91 Å². The molecule has 6 heteroatoms. The Labute approximate surface area is 202 Å². The minimum atomic E-state index is -0.399. The molecule has 4 aromatic rings. The highest BCUT2D eigenvalue weighted by atomic mass is 32.1. The molecule has 2 aromatic heterocycles. The summed E-state index contributed by atoms with van der Waals surface area (Å²) in [6.45, 7) is 1.69. The molecule has 1 saturated heterocycles. The van der Waals surface area contributed by atoms with E-state index in [1.54, 1.807) is 0 Å². The van der Waals surface area contributed by atoms with Gasteiger partial charge in [-0.3, -0.25) is 14.6 Å². The van der Waals surface area contributed by atoms with Crippen molar-refractivity contribution >= 4 is 34.1 Å². The number of aromatic nitrogens is 1. The predicted octanol–water partition coefficient (Wildman–Crippen LogP) is 5.38. The van der Waals surface area contributed by atoms with E-state index in [0.29, 0.717) is 5.56 Å². The van der Waals surface area contributed by atoms with E-state index in [9.17, 15) is 9.59 Å². The number of carbonyl (C=O) groups excluding carboxylic acids is 2. The van der Waals surface area contributed by atoms with E-state index in [4.69, 9.17) is 5.73 Å². The topological polar surface area (TPSA) is 76.3 Å². The van der Waals surface area contributed by atoms with Crippen molar-refractivity contribution in [3.63, 3.8) is 0 Å². The van der Waals surface area contributed by atoms with E-state index in [-0.39, 0.29) is 11.3 Å². The molecule has 0 radical (unpaired) electrons. The maximum atomic E-state index is 12.9. The van der Waals surface area contributed by atoms with E-state index in [1.165, 1.54) is 16.9 Å². The van der Waals surface area contributed by atoms with Crippen LogP contribution in [-0.2, 0) is 5.41 Å². The molecule has 2 amide bonds. The van der Waals surface area contributed by atoms with Gasteiger partial charge in [0.1, 0.15) is 0 Å². The molecule has 1 aliphatic carbocycles. The van der Waals surface area contributed by atoms with Gasteiger partial charge in [0.2, 0.25) is 5.91 Å². The number of fused-ring (bicyclic) bond motifs is 1. The Hall–Kier alpha value is -3.51. The molecule has 0 spiro atoms. The zero-order chi connectivity index (χ0) is 23.3. The number of likely N-dealkylation sites (tertiary alicyclic amines) is 1. The standard InChI is InChI=1S/C28H25N3O2S/c29-26(32)20-6-1-2-8-21(20)28(11-12-28)22-16-18(17-23-19(22)7-5-13-30-23)24-9-10-25(34-24)27(33)31-14-3-4-15-31/h1-2,5-10,13,16-17H,3-4,11-12,14-15H2,(H2,29,32). The van der Waals surface area contributed by atoms with Crippen molar-refractivity contribution in [3.8, 4) is 10.4 Å². The van der Waals surface area contributed by atoms with E-state index in [2.05, 4.69) is 23.2 Å². The summed E-state index contributed by atoms with van der Waals surface area (Å²) in [4.78, 5) is 33.6. The number of pyridine rings is 1. The number of nitrogens with two attached hydrogens (primary N) is 1. The van der Waals surface area contributed by atoms with Crippen molar-refractivity contribution in [2.24, 2.45) is 5.73 Å². The van der Waals surface area contributed by atoms with Gasteiger partial charge in [-0.05, 0) is 78.8 Å². The number of thiophene rings is 1. The van der Waals surface area contributed by atoms with Gasteiger partial charge in [-0.2, -0.15) is 0 Å². The van der Waals surface area contributed by atoms with Gasteiger partial charge in [-0.15, -0.1) is 11.3 Å². The molecule has 5 nitrogen and oxygen atoms in total. The third kappa shape index (κ3) is 3.41. The smallest absolute Gasteiger partial charge is 0.263 e. The molecule has 6 rings (SSSR count). The first kappa shape index (κ1) is 21.1. The zero-order valence-corrected chi connectivity index (χ0v) is 19.6. The van der Waals surface area contributed by atoms with Crippen molar-refractivity contribution < 1.29 is 9.59 Å². The summed E-state index contributed by atoms with van der Waals surface area (Å²) in [6, 6.07) is 20.1. The maximum absolute atomic E-state index is 12.9. The lowest BCUT2D eigenvalue weighted by Crippen LogP contribution is -2.26. The number of nitrogens with zero attached hydrogens (tertiary/aromatic N) is 2. The van der Waals surface area contributed by atoms with Crippen molar-refractivity contribution in [3.05, 3.63) is 88.4 Å².